The van der Waals surface area contributed by atoms with Crippen LogP contribution in [0.25, 0.3) is 0 Å². The molecule has 1 fully saturated rings. The van der Waals surface area contributed by atoms with Crippen LogP contribution in [0.5, 0.6) is 0 Å². The van der Waals surface area contributed by atoms with E-state index in [2.05, 4.69) is 26.9 Å². The van der Waals surface area contributed by atoms with Gasteiger partial charge in [0, 0.05) is 18.0 Å². The summed E-state index contributed by atoms with van der Waals surface area (Å²) in [5, 5.41) is 14.9. The third-order valence-corrected chi connectivity index (χ3v) is 4.81. The molecule has 1 aromatic heterocycles. The molecule has 0 radical (unpaired) electrons. The summed E-state index contributed by atoms with van der Waals surface area (Å²) < 4.78 is 1.64. The smallest absolute Gasteiger partial charge is 0.220 e. The standard InChI is InChI=1S/C17H22ClN5O/c18-15-8-3-7-14(11-15)17(13-5-1-2-6-13)20-16(24)9-4-10-23-12-19-21-22-23/h3,7-8,11-13,17H,1-2,4-6,9-10H2,(H,20,24)/t17-/m0/s1. The third-order valence-electron chi connectivity index (χ3n) is 4.58. The summed E-state index contributed by atoms with van der Waals surface area (Å²) >= 11 is 6.14. The van der Waals surface area contributed by atoms with E-state index in [1.54, 1.807) is 11.0 Å². The molecule has 6 nitrogen and oxygen atoms in total. The number of hydrogen-bond donors (Lipinski definition) is 1. The van der Waals surface area contributed by atoms with Crippen molar-refractivity contribution in [2.75, 3.05) is 0 Å². The van der Waals surface area contributed by atoms with E-state index in [0.29, 0.717) is 30.3 Å². The summed E-state index contributed by atoms with van der Waals surface area (Å²) in [6.07, 6.45) is 7.51. The van der Waals surface area contributed by atoms with Gasteiger partial charge >= 0.3 is 0 Å². The second-order valence-electron chi connectivity index (χ2n) is 6.32. The van der Waals surface area contributed by atoms with Crippen molar-refractivity contribution in [2.45, 2.75) is 51.1 Å². The predicted molar refractivity (Wildman–Crippen MR) is 91.3 cm³/mol. The normalized spacial score (nSPS) is 16.2. The van der Waals surface area contributed by atoms with Crippen LogP contribution in [-0.4, -0.2) is 26.1 Å². The maximum absolute atomic E-state index is 12.4. The molecule has 2 aromatic rings. The molecule has 0 saturated heterocycles. The van der Waals surface area contributed by atoms with Crippen LogP contribution in [0.1, 0.15) is 50.1 Å². The monoisotopic (exact) mass is 347 g/mol. The first-order chi connectivity index (χ1) is 11.7. The second kappa shape index (κ2) is 8.24. The summed E-state index contributed by atoms with van der Waals surface area (Å²) in [6, 6.07) is 7.88. The maximum atomic E-state index is 12.4. The molecule has 3 rings (SSSR count). The Morgan fingerprint density at radius 2 is 2.21 bits per heavy atom. The van der Waals surface area contributed by atoms with Gasteiger partial charge in [0.15, 0.2) is 0 Å². The van der Waals surface area contributed by atoms with E-state index in [1.807, 2.05) is 18.2 Å². The largest absolute Gasteiger partial charge is 0.349 e. The lowest BCUT2D eigenvalue weighted by Crippen LogP contribution is -2.32. The minimum Gasteiger partial charge on any atom is -0.349 e. The van der Waals surface area contributed by atoms with Crippen molar-refractivity contribution in [3.63, 3.8) is 0 Å². The molecule has 0 spiro atoms. The van der Waals surface area contributed by atoms with E-state index in [-0.39, 0.29) is 11.9 Å². The number of benzene rings is 1. The highest BCUT2D eigenvalue weighted by Gasteiger charge is 2.27. The number of nitrogens with one attached hydrogen (secondary N) is 1. The molecule has 1 saturated carbocycles. The van der Waals surface area contributed by atoms with Gasteiger partial charge in [-0.15, -0.1) is 5.10 Å². The highest BCUT2D eigenvalue weighted by atomic mass is 35.5. The Hall–Kier alpha value is -1.95. The lowest BCUT2D eigenvalue weighted by molar-refractivity contribution is -0.122. The van der Waals surface area contributed by atoms with Crippen molar-refractivity contribution in [2.24, 2.45) is 5.92 Å². The Balaban J connectivity index is 1.59. The van der Waals surface area contributed by atoms with Crippen molar-refractivity contribution in [3.05, 3.63) is 41.2 Å². The maximum Gasteiger partial charge on any atom is 0.220 e. The van der Waals surface area contributed by atoms with Gasteiger partial charge in [-0.2, -0.15) is 0 Å². The van der Waals surface area contributed by atoms with Crippen molar-refractivity contribution >= 4 is 17.5 Å². The first-order valence-corrected chi connectivity index (χ1v) is 8.86. The zero-order valence-electron chi connectivity index (χ0n) is 13.6. The van der Waals surface area contributed by atoms with E-state index in [9.17, 15) is 4.79 Å². The average Bonchev–Trinajstić information content (AvgIpc) is 3.26. The summed E-state index contributed by atoms with van der Waals surface area (Å²) in [7, 11) is 0. The van der Waals surface area contributed by atoms with Gasteiger partial charge in [-0.3, -0.25) is 4.79 Å². The molecular weight excluding hydrogens is 326 g/mol. The molecule has 0 unspecified atom stereocenters. The van der Waals surface area contributed by atoms with Crippen molar-refractivity contribution in [3.8, 4) is 0 Å². The molecule has 0 aliphatic heterocycles. The fourth-order valence-electron chi connectivity index (χ4n) is 3.39. The number of rotatable bonds is 7. The summed E-state index contributed by atoms with van der Waals surface area (Å²) in [4.78, 5) is 12.4. The molecule has 1 heterocycles. The molecular formula is C17H22ClN5O. The van der Waals surface area contributed by atoms with Gasteiger partial charge in [0.2, 0.25) is 5.91 Å². The number of halogens is 1. The predicted octanol–water partition coefficient (Wildman–Crippen LogP) is 3.15. The number of nitrogens with zero attached hydrogens (tertiary/aromatic N) is 4. The first kappa shape index (κ1) is 16.9. The van der Waals surface area contributed by atoms with Gasteiger partial charge in [-0.25, -0.2) is 4.68 Å². The SMILES string of the molecule is O=C(CCCn1cnnn1)N[C@H](c1cccc(Cl)c1)C1CCCC1. The number of carbonyl (C=O) groups excluding carboxylic acids is 1. The van der Waals surface area contributed by atoms with Crippen LogP contribution >= 0.6 is 11.6 Å². The van der Waals surface area contributed by atoms with E-state index >= 15 is 0 Å². The minimum atomic E-state index is 0.0479. The Morgan fingerprint density at radius 3 is 2.92 bits per heavy atom. The Kier molecular flexibility index (Phi) is 5.80. The van der Waals surface area contributed by atoms with Crippen LogP contribution in [0.3, 0.4) is 0 Å². The first-order valence-electron chi connectivity index (χ1n) is 8.48. The van der Waals surface area contributed by atoms with Crippen LogP contribution in [-0.2, 0) is 11.3 Å². The van der Waals surface area contributed by atoms with Crippen LogP contribution in [0.4, 0.5) is 0 Å². The molecule has 1 aliphatic rings. The van der Waals surface area contributed by atoms with Gasteiger partial charge in [0.1, 0.15) is 6.33 Å². The van der Waals surface area contributed by atoms with Crippen molar-refractivity contribution in [1.82, 2.24) is 25.5 Å². The molecule has 1 amide bonds. The molecule has 0 bridgehead atoms. The molecule has 7 heteroatoms. The number of carbonyl (C=O) groups is 1. The van der Waals surface area contributed by atoms with E-state index in [0.717, 1.165) is 18.4 Å². The van der Waals surface area contributed by atoms with Gasteiger partial charge in [0.25, 0.3) is 0 Å². The quantitative estimate of drug-likeness (QED) is 0.835. The lowest BCUT2D eigenvalue weighted by Gasteiger charge is -2.25. The summed E-state index contributed by atoms with van der Waals surface area (Å²) in [5.41, 5.74) is 1.10. The van der Waals surface area contributed by atoms with Crippen LogP contribution in [0.15, 0.2) is 30.6 Å². The molecule has 1 aromatic carbocycles. The van der Waals surface area contributed by atoms with E-state index < -0.39 is 0 Å². The zero-order chi connectivity index (χ0) is 16.8. The highest BCUT2D eigenvalue weighted by Crippen LogP contribution is 2.36. The second-order valence-corrected chi connectivity index (χ2v) is 6.76. The van der Waals surface area contributed by atoms with Gasteiger partial charge in [0.05, 0.1) is 6.04 Å². The van der Waals surface area contributed by atoms with E-state index in [1.165, 1.54) is 12.8 Å². The molecule has 24 heavy (non-hydrogen) atoms. The number of aryl methyl sites for hydroxylation is 1. The van der Waals surface area contributed by atoms with E-state index in [4.69, 9.17) is 11.6 Å². The van der Waals surface area contributed by atoms with Crippen LogP contribution < -0.4 is 5.32 Å². The number of amides is 1. The fraction of sp³-hybridized carbons (Fsp3) is 0.529. The third kappa shape index (κ3) is 4.54. The van der Waals surface area contributed by atoms with Gasteiger partial charge in [-0.1, -0.05) is 36.6 Å². The Morgan fingerprint density at radius 1 is 1.38 bits per heavy atom. The molecule has 128 valence electrons. The number of tetrazole rings is 1. The highest BCUT2D eigenvalue weighted by molar-refractivity contribution is 6.30. The fourth-order valence-corrected chi connectivity index (χ4v) is 3.59. The van der Waals surface area contributed by atoms with Crippen molar-refractivity contribution in [1.29, 1.82) is 0 Å². The zero-order valence-corrected chi connectivity index (χ0v) is 14.3. The Labute approximate surface area is 146 Å². The molecule has 1 N–H and O–H groups in total. The average molecular weight is 348 g/mol. The summed E-state index contributed by atoms with van der Waals surface area (Å²) in [6.45, 7) is 0.645. The van der Waals surface area contributed by atoms with Gasteiger partial charge in [-0.05, 0) is 53.3 Å². The summed E-state index contributed by atoms with van der Waals surface area (Å²) in [5.74, 6) is 0.562. The number of aromatic nitrogens is 4. The number of hydrogen-bond acceptors (Lipinski definition) is 4. The van der Waals surface area contributed by atoms with Crippen molar-refractivity contribution < 1.29 is 4.79 Å². The van der Waals surface area contributed by atoms with Crippen LogP contribution in [0, 0.1) is 5.92 Å². The van der Waals surface area contributed by atoms with Crippen LogP contribution in [0.2, 0.25) is 5.02 Å². The molecule has 1 aliphatic carbocycles. The Bertz CT molecular complexity index is 655. The lowest BCUT2D eigenvalue weighted by atomic mass is 9.91. The molecule has 1 atom stereocenters. The van der Waals surface area contributed by atoms with Gasteiger partial charge < -0.3 is 5.32 Å². The topological polar surface area (TPSA) is 72.7 Å². The minimum absolute atomic E-state index is 0.0479.